The zero-order valence-electron chi connectivity index (χ0n) is 14.4. The predicted octanol–water partition coefficient (Wildman–Crippen LogP) is 2.16. The third-order valence-electron chi connectivity index (χ3n) is 4.34. The third kappa shape index (κ3) is 3.03. The van der Waals surface area contributed by atoms with E-state index in [0.717, 1.165) is 0 Å². The molecule has 3 amide bonds. The molecule has 0 saturated carbocycles. The number of halogens is 1. The number of carbonyl (C=O) groups excluding carboxylic acids is 3. The largest absolute Gasteiger partial charge is 0.338 e. The first-order chi connectivity index (χ1) is 12.3. The first-order valence-corrected chi connectivity index (χ1v) is 8.05. The van der Waals surface area contributed by atoms with Crippen molar-refractivity contribution in [3.05, 3.63) is 59.9 Å². The lowest BCUT2D eigenvalue weighted by Crippen LogP contribution is -2.53. The Labute approximate surface area is 150 Å². The van der Waals surface area contributed by atoms with E-state index in [-0.39, 0.29) is 12.3 Å². The van der Waals surface area contributed by atoms with Gasteiger partial charge < -0.3 is 15.5 Å². The van der Waals surface area contributed by atoms with E-state index in [4.69, 9.17) is 0 Å². The Morgan fingerprint density at radius 2 is 1.77 bits per heavy atom. The molecule has 0 spiro atoms. The Balaban J connectivity index is 1.94. The number of hydrogen-bond acceptors (Lipinski definition) is 3. The quantitative estimate of drug-likeness (QED) is 0.882. The van der Waals surface area contributed by atoms with Crippen LogP contribution < -0.4 is 15.5 Å². The lowest BCUT2D eigenvalue weighted by Gasteiger charge is -2.28. The molecule has 3 rings (SSSR count). The van der Waals surface area contributed by atoms with Crippen molar-refractivity contribution in [2.45, 2.75) is 18.9 Å². The highest BCUT2D eigenvalue weighted by Crippen LogP contribution is 2.41. The van der Waals surface area contributed by atoms with Crippen molar-refractivity contribution in [3.63, 3.8) is 0 Å². The van der Waals surface area contributed by atoms with Gasteiger partial charge in [-0.15, -0.1) is 0 Å². The molecule has 6 nitrogen and oxygen atoms in total. The topological polar surface area (TPSA) is 78.5 Å². The number of para-hydroxylation sites is 1. The molecule has 0 radical (unpaired) electrons. The Kier molecular flexibility index (Phi) is 4.46. The van der Waals surface area contributed by atoms with E-state index in [1.54, 1.807) is 31.3 Å². The zero-order valence-corrected chi connectivity index (χ0v) is 14.4. The maximum absolute atomic E-state index is 13.0. The molecule has 1 aliphatic heterocycles. The Morgan fingerprint density at radius 3 is 2.42 bits per heavy atom. The van der Waals surface area contributed by atoms with E-state index < -0.39 is 23.2 Å². The van der Waals surface area contributed by atoms with Gasteiger partial charge in [0.15, 0.2) is 5.54 Å². The van der Waals surface area contributed by atoms with Gasteiger partial charge in [0, 0.05) is 30.9 Å². The van der Waals surface area contributed by atoms with Crippen molar-refractivity contribution in [1.29, 1.82) is 0 Å². The van der Waals surface area contributed by atoms with Crippen LogP contribution in [0.4, 0.5) is 15.8 Å². The van der Waals surface area contributed by atoms with E-state index >= 15 is 0 Å². The van der Waals surface area contributed by atoms with Gasteiger partial charge in [-0.25, -0.2) is 4.39 Å². The van der Waals surface area contributed by atoms with Gasteiger partial charge in [0.05, 0.1) is 6.42 Å². The zero-order chi connectivity index (χ0) is 18.9. The van der Waals surface area contributed by atoms with Gasteiger partial charge in [-0.05, 0) is 30.3 Å². The Morgan fingerprint density at radius 1 is 1.12 bits per heavy atom. The second kappa shape index (κ2) is 6.59. The number of benzene rings is 2. The van der Waals surface area contributed by atoms with Gasteiger partial charge in [0.25, 0.3) is 5.91 Å². The minimum absolute atomic E-state index is 0.274. The van der Waals surface area contributed by atoms with Gasteiger partial charge >= 0.3 is 0 Å². The van der Waals surface area contributed by atoms with Crippen molar-refractivity contribution < 1.29 is 18.8 Å². The van der Waals surface area contributed by atoms with Gasteiger partial charge in [-0.3, -0.25) is 14.4 Å². The summed E-state index contributed by atoms with van der Waals surface area (Å²) in [4.78, 5) is 38.7. The summed E-state index contributed by atoms with van der Waals surface area (Å²) < 4.78 is 13.0. The molecule has 2 aromatic carbocycles. The fourth-order valence-corrected chi connectivity index (χ4v) is 3.25. The summed E-state index contributed by atoms with van der Waals surface area (Å²) in [6, 6.07) is 12.3. The summed E-state index contributed by atoms with van der Waals surface area (Å²) in [5.41, 5.74) is 0.139. The lowest BCUT2D eigenvalue weighted by molar-refractivity contribution is -0.133. The van der Waals surface area contributed by atoms with Crippen molar-refractivity contribution >= 4 is 29.1 Å². The number of hydrogen-bond donors (Lipinski definition) is 2. The molecule has 7 heteroatoms. The van der Waals surface area contributed by atoms with Crippen LogP contribution in [0.2, 0.25) is 0 Å². The minimum Gasteiger partial charge on any atom is -0.338 e. The van der Waals surface area contributed by atoms with E-state index in [0.29, 0.717) is 16.9 Å². The molecular formula is C19H18FN3O3. The van der Waals surface area contributed by atoms with Crippen LogP contribution in [0.25, 0.3) is 0 Å². The number of carbonyl (C=O) groups is 3. The highest BCUT2D eigenvalue weighted by Gasteiger charge is 2.51. The second-order valence-corrected chi connectivity index (χ2v) is 6.20. The number of amides is 3. The van der Waals surface area contributed by atoms with Gasteiger partial charge in [-0.1, -0.05) is 18.2 Å². The number of nitrogens with zero attached hydrogens (tertiary/aromatic N) is 1. The van der Waals surface area contributed by atoms with Crippen molar-refractivity contribution in [3.8, 4) is 0 Å². The number of fused-ring (bicyclic) bond motifs is 1. The highest BCUT2D eigenvalue weighted by molar-refractivity contribution is 6.11. The first kappa shape index (κ1) is 17.6. The molecule has 1 atom stereocenters. The summed E-state index contributed by atoms with van der Waals surface area (Å²) in [5, 5.41) is 5.30. The number of rotatable bonds is 4. The van der Waals surface area contributed by atoms with Gasteiger partial charge in [-0.2, -0.15) is 0 Å². The molecule has 0 saturated heterocycles. The molecule has 1 aliphatic rings. The summed E-state index contributed by atoms with van der Waals surface area (Å²) in [6.07, 6.45) is -0.274. The Hall–Kier alpha value is -3.22. The molecule has 0 bridgehead atoms. The standard InChI is InChI=1S/C19H18FN3O3/c1-12(24)22-19(11-17(25)21-14-9-7-13(20)8-10-14)15-5-3-4-6-16(15)23(2)18(19)26/h3-10H,11H2,1-2H3,(H,21,25)(H,22,24)/t19-/m1/s1. The fraction of sp³-hybridized carbons (Fsp3) is 0.211. The van der Waals surface area contributed by atoms with Crippen molar-refractivity contribution in [1.82, 2.24) is 5.32 Å². The van der Waals surface area contributed by atoms with E-state index in [9.17, 15) is 18.8 Å². The molecule has 2 N–H and O–H groups in total. The van der Waals surface area contributed by atoms with Crippen LogP contribution >= 0.6 is 0 Å². The molecule has 2 aromatic rings. The minimum atomic E-state index is -1.47. The molecule has 0 fully saturated rings. The maximum atomic E-state index is 13.0. The van der Waals surface area contributed by atoms with Crippen LogP contribution in [-0.4, -0.2) is 24.8 Å². The van der Waals surface area contributed by atoms with Gasteiger partial charge in [0.2, 0.25) is 11.8 Å². The Bertz CT molecular complexity index is 882. The van der Waals surface area contributed by atoms with Crippen LogP contribution in [-0.2, 0) is 19.9 Å². The number of anilines is 2. The molecular weight excluding hydrogens is 337 g/mol. The summed E-state index contributed by atoms with van der Waals surface area (Å²) in [5.74, 6) is -1.69. The summed E-state index contributed by atoms with van der Waals surface area (Å²) in [7, 11) is 1.60. The third-order valence-corrected chi connectivity index (χ3v) is 4.34. The second-order valence-electron chi connectivity index (χ2n) is 6.20. The monoisotopic (exact) mass is 355 g/mol. The van der Waals surface area contributed by atoms with Crippen molar-refractivity contribution in [2.75, 3.05) is 17.3 Å². The molecule has 0 aliphatic carbocycles. The predicted molar refractivity (Wildman–Crippen MR) is 95.0 cm³/mol. The smallest absolute Gasteiger partial charge is 0.257 e. The van der Waals surface area contributed by atoms with E-state index in [1.165, 1.54) is 36.1 Å². The lowest BCUT2D eigenvalue weighted by atomic mass is 9.87. The van der Waals surface area contributed by atoms with Crippen LogP contribution in [0, 0.1) is 5.82 Å². The molecule has 0 aromatic heterocycles. The summed E-state index contributed by atoms with van der Waals surface area (Å²) >= 11 is 0. The highest BCUT2D eigenvalue weighted by atomic mass is 19.1. The first-order valence-electron chi connectivity index (χ1n) is 8.05. The molecule has 134 valence electrons. The summed E-state index contributed by atoms with van der Waals surface area (Å²) in [6.45, 7) is 1.30. The van der Waals surface area contributed by atoms with Crippen LogP contribution in [0.15, 0.2) is 48.5 Å². The van der Waals surface area contributed by atoms with E-state index in [2.05, 4.69) is 10.6 Å². The van der Waals surface area contributed by atoms with Crippen LogP contribution in [0.3, 0.4) is 0 Å². The SMILES string of the molecule is CC(=O)N[C@@]1(CC(=O)Nc2ccc(F)cc2)C(=O)N(C)c2ccccc21. The van der Waals surface area contributed by atoms with Crippen LogP contribution in [0.5, 0.6) is 0 Å². The van der Waals surface area contributed by atoms with Crippen molar-refractivity contribution in [2.24, 2.45) is 0 Å². The fourth-order valence-electron chi connectivity index (χ4n) is 3.25. The average Bonchev–Trinajstić information content (AvgIpc) is 2.79. The molecule has 26 heavy (non-hydrogen) atoms. The average molecular weight is 355 g/mol. The van der Waals surface area contributed by atoms with Crippen LogP contribution in [0.1, 0.15) is 18.9 Å². The molecule has 0 unspecified atom stereocenters. The number of nitrogens with one attached hydrogen (secondary N) is 2. The number of likely N-dealkylation sites (N-methyl/N-ethyl adjacent to an activating group) is 1. The normalized spacial score (nSPS) is 18.4. The molecule has 1 heterocycles. The van der Waals surface area contributed by atoms with Gasteiger partial charge in [0.1, 0.15) is 5.82 Å². The van der Waals surface area contributed by atoms with E-state index in [1.807, 2.05) is 0 Å². The maximum Gasteiger partial charge on any atom is 0.257 e.